The predicted octanol–water partition coefficient (Wildman–Crippen LogP) is 2.26. The number of nitrogens with zero attached hydrogens (tertiary/aromatic N) is 7. The fraction of sp³-hybridized carbons (Fsp3) is 0.333. The third kappa shape index (κ3) is 4.08. The second-order valence-electron chi connectivity index (χ2n) is 6.31. The minimum Gasteiger partial charge on any atom is -0.357 e. The summed E-state index contributed by atoms with van der Waals surface area (Å²) in [5.41, 5.74) is 1.05. The van der Waals surface area contributed by atoms with Gasteiger partial charge in [-0.2, -0.15) is 0 Å². The first-order chi connectivity index (χ1) is 12.9. The smallest absolute Gasteiger partial charge is 0.150 e. The first kappa shape index (κ1) is 16.3. The molecule has 1 aliphatic rings. The molecule has 0 saturated carbocycles. The largest absolute Gasteiger partial charge is 0.357 e. The standard InChI is InChI=1S/C18H20N8/c1-4-20-12-24-18(1)26-7-2-14(3-8-26)9-15-10-16(23-13-22-15)25-17-11-19-5-6-21-17/h1,4-6,10-14H,2-3,7-9H2,(H,21,22,23,25). The Morgan fingerprint density at radius 1 is 0.923 bits per heavy atom. The van der Waals surface area contributed by atoms with Gasteiger partial charge in [0.15, 0.2) is 0 Å². The summed E-state index contributed by atoms with van der Waals surface area (Å²) in [5.74, 6) is 3.05. The van der Waals surface area contributed by atoms with Gasteiger partial charge < -0.3 is 10.2 Å². The van der Waals surface area contributed by atoms with Crippen molar-refractivity contribution in [3.05, 3.63) is 55.3 Å². The van der Waals surface area contributed by atoms with Gasteiger partial charge in [0.25, 0.3) is 0 Å². The van der Waals surface area contributed by atoms with E-state index in [1.165, 1.54) is 0 Å². The van der Waals surface area contributed by atoms with Crippen LogP contribution in [0.2, 0.25) is 0 Å². The minimum atomic E-state index is 0.618. The third-order valence-electron chi connectivity index (χ3n) is 4.55. The van der Waals surface area contributed by atoms with Gasteiger partial charge in [-0.25, -0.2) is 24.9 Å². The summed E-state index contributed by atoms with van der Waals surface area (Å²) in [6.07, 6.45) is 13.2. The molecule has 1 saturated heterocycles. The maximum Gasteiger partial charge on any atom is 0.150 e. The summed E-state index contributed by atoms with van der Waals surface area (Å²) in [7, 11) is 0. The molecular formula is C18H20N8. The maximum atomic E-state index is 4.43. The van der Waals surface area contributed by atoms with E-state index >= 15 is 0 Å². The number of hydrogen-bond donors (Lipinski definition) is 1. The van der Waals surface area contributed by atoms with Crippen LogP contribution in [0.5, 0.6) is 0 Å². The Bertz CT molecular complexity index is 819. The molecule has 0 spiro atoms. The van der Waals surface area contributed by atoms with Crippen LogP contribution in [0.3, 0.4) is 0 Å². The Balaban J connectivity index is 1.34. The van der Waals surface area contributed by atoms with Crippen LogP contribution >= 0.6 is 0 Å². The summed E-state index contributed by atoms with van der Waals surface area (Å²) in [6.45, 7) is 2.02. The molecule has 8 nitrogen and oxygen atoms in total. The van der Waals surface area contributed by atoms with Crippen molar-refractivity contribution < 1.29 is 0 Å². The molecule has 0 amide bonds. The summed E-state index contributed by atoms with van der Waals surface area (Å²) in [5, 5.41) is 3.16. The van der Waals surface area contributed by atoms with Crippen molar-refractivity contribution in [3.8, 4) is 0 Å². The number of aromatic nitrogens is 6. The first-order valence-electron chi connectivity index (χ1n) is 8.72. The molecule has 8 heteroatoms. The van der Waals surface area contributed by atoms with Crippen LogP contribution in [0.1, 0.15) is 18.5 Å². The van der Waals surface area contributed by atoms with Crippen molar-refractivity contribution in [2.24, 2.45) is 5.92 Å². The topological polar surface area (TPSA) is 92.6 Å². The Labute approximate surface area is 151 Å². The fourth-order valence-corrected chi connectivity index (χ4v) is 3.21. The van der Waals surface area contributed by atoms with Crippen LogP contribution in [0.4, 0.5) is 17.5 Å². The highest BCUT2D eigenvalue weighted by molar-refractivity contribution is 5.50. The SMILES string of the molecule is c1cc(N2CCC(Cc3cc(Nc4cnccn4)ncn3)CC2)ncn1. The zero-order valence-electron chi connectivity index (χ0n) is 14.4. The van der Waals surface area contributed by atoms with E-state index in [-0.39, 0.29) is 0 Å². The summed E-state index contributed by atoms with van der Waals surface area (Å²) in [6, 6.07) is 3.96. The molecule has 1 aliphatic heterocycles. The lowest BCUT2D eigenvalue weighted by molar-refractivity contribution is 0.399. The zero-order chi connectivity index (χ0) is 17.6. The Morgan fingerprint density at radius 3 is 2.62 bits per heavy atom. The number of anilines is 3. The second kappa shape index (κ2) is 7.81. The van der Waals surface area contributed by atoms with Crippen LogP contribution in [0, 0.1) is 5.92 Å². The van der Waals surface area contributed by atoms with Crippen LogP contribution in [-0.2, 0) is 6.42 Å². The molecule has 0 aromatic carbocycles. The molecule has 0 atom stereocenters. The lowest BCUT2D eigenvalue weighted by Gasteiger charge is -2.32. The molecule has 3 aromatic rings. The van der Waals surface area contributed by atoms with Crippen molar-refractivity contribution in [3.63, 3.8) is 0 Å². The molecule has 4 heterocycles. The molecule has 132 valence electrons. The Morgan fingerprint density at radius 2 is 1.85 bits per heavy atom. The minimum absolute atomic E-state index is 0.618. The van der Waals surface area contributed by atoms with Crippen molar-refractivity contribution in [2.75, 3.05) is 23.3 Å². The van der Waals surface area contributed by atoms with Crippen LogP contribution in [-0.4, -0.2) is 43.0 Å². The zero-order valence-corrected chi connectivity index (χ0v) is 14.4. The van der Waals surface area contributed by atoms with Crippen LogP contribution in [0.15, 0.2) is 49.6 Å². The normalized spacial score (nSPS) is 15.0. The maximum absolute atomic E-state index is 4.43. The van der Waals surface area contributed by atoms with Gasteiger partial charge in [-0.15, -0.1) is 0 Å². The number of piperidine rings is 1. The van der Waals surface area contributed by atoms with Gasteiger partial charge in [-0.3, -0.25) is 4.98 Å². The Kier molecular flexibility index (Phi) is 4.90. The van der Waals surface area contributed by atoms with E-state index in [1.54, 1.807) is 37.4 Å². The van der Waals surface area contributed by atoms with Crippen molar-refractivity contribution in [2.45, 2.75) is 19.3 Å². The first-order valence-corrected chi connectivity index (χ1v) is 8.72. The van der Waals surface area contributed by atoms with Crippen molar-refractivity contribution >= 4 is 17.5 Å². The van der Waals surface area contributed by atoms with Gasteiger partial charge in [-0.05, 0) is 31.2 Å². The van der Waals surface area contributed by atoms with E-state index in [2.05, 4.69) is 40.1 Å². The van der Waals surface area contributed by atoms with Gasteiger partial charge in [-0.1, -0.05) is 0 Å². The van der Waals surface area contributed by atoms with Crippen molar-refractivity contribution in [1.82, 2.24) is 29.9 Å². The molecule has 1 N–H and O–H groups in total. The predicted molar refractivity (Wildman–Crippen MR) is 98.0 cm³/mol. The van der Waals surface area contributed by atoms with E-state index in [0.29, 0.717) is 11.7 Å². The number of hydrogen-bond acceptors (Lipinski definition) is 8. The molecule has 0 unspecified atom stereocenters. The summed E-state index contributed by atoms with van der Waals surface area (Å²) in [4.78, 5) is 27.6. The van der Waals surface area contributed by atoms with E-state index < -0.39 is 0 Å². The fourth-order valence-electron chi connectivity index (χ4n) is 3.21. The van der Waals surface area contributed by atoms with Crippen LogP contribution in [0.25, 0.3) is 0 Å². The van der Waals surface area contributed by atoms with E-state index in [1.807, 2.05) is 12.1 Å². The summed E-state index contributed by atoms with van der Waals surface area (Å²) >= 11 is 0. The van der Waals surface area contributed by atoms with Gasteiger partial charge in [0.05, 0.1) is 6.20 Å². The third-order valence-corrected chi connectivity index (χ3v) is 4.55. The van der Waals surface area contributed by atoms with Crippen molar-refractivity contribution in [1.29, 1.82) is 0 Å². The highest BCUT2D eigenvalue weighted by atomic mass is 15.2. The average Bonchev–Trinajstić information content (AvgIpc) is 2.70. The van der Waals surface area contributed by atoms with E-state index in [0.717, 1.165) is 49.7 Å². The molecule has 1 fully saturated rings. The highest BCUT2D eigenvalue weighted by Crippen LogP contribution is 2.24. The van der Waals surface area contributed by atoms with Gasteiger partial charge in [0.1, 0.15) is 30.1 Å². The lowest BCUT2D eigenvalue weighted by atomic mass is 9.92. The highest BCUT2D eigenvalue weighted by Gasteiger charge is 2.21. The average molecular weight is 348 g/mol. The van der Waals surface area contributed by atoms with E-state index in [9.17, 15) is 0 Å². The monoisotopic (exact) mass is 348 g/mol. The lowest BCUT2D eigenvalue weighted by Crippen LogP contribution is -2.34. The molecule has 3 aromatic heterocycles. The molecule has 0 aliphatic carbocycles. The van der Waals surface area contributed by atoms with Gasteiger partial charge in [0, 0.05) is 43.4 Å². The molecule has 26 heavy (non-hydrogen) atoms. The van der Waals surface area contributed by atoms with Crippen LogP contribution < -0.4 is 10.2 Å². The molecule has 4 rings (SSSR count). The van der Waals surface area contributed by atoms with Gasteiger partial charge in [0.2, 0.25) is 0 Å². The molecule has 0 radical (unpaired) electrons. The molecule has 0 bridgehead atoms. The second-order valence-corrected chi connectivity index (χ2v) is 6.31. The summed E-state index contributed by atoms with van der Waals surface area (Å²) < 4.78 is 0. The quantitative estimate of drug-likeness (QED) is 0.750. The Hall–Kier alpha value is -3.16. The number of nitrogens with one attached hydrogen (secondary N) is 1. The van der Waals surface area contributed by atoms with Gasteiger partial charge >= 0.3 is 0 Å². The molecular weight excluding hydrogens is 328 g/mol. The van der Waals surface area contributed by atoms with E-state index in [4.69, 9.17) is 0 Å². The number of rotatable bonds is 5.